The van der Waals surface area contributed by atoms with Gasteiger partial charge >= 0.3 is 6.99 Å². The van der Waals surface area contributed by atoms with Crippen molar-refractivity contribution in [3.05, 3.63) is 48.9 Å². The lowest BCUT2D eigenvalue weighted by Gasteiger charge is -1.99. The largest absolute Gasteiger partial charge is 0.473 e. The average molecular weight is 174 g/mol. The first-order valence-electron chi connectivity index (χ1n) is 4.09. The number of rotatable bonds is 2. The molecule has 2 rings (SSSR count). The SMILES string of the molecule is FB(c1ccccc1)c1ccoc1. The third-order valence-electron chi connectivity index (χ3n) is 1.93. The van der Waals surface area contributed by atoms with Crippen molar-refractivity contribution in [2.24, 2.45) is 0 Å². The third kappa shape index (κ3) is 1.64. The number of hydrogen-bond acceptors (Lipinski definition) is 1. The molecule has 64 valence electrons. The summed E-state index contributed by atoms with van der Waals surface area (Å²) in [7, 11) is 0. The summed E-state index contributed by atoms with van der Waals surface area (Å²) in [5.74, 6) is 0. The summed E-state index contributed by atoms with van der Waals surface area (Å²) < 4.78 is 18.5. The highest BCUT2D eigenvalue weighted by Gasteiger charge is 2.19. The lowest BCUT2D eigenvalue weighted by atomic mass is 9.59. The van der Waals surface area contributed by atoms with E-state index in [1.54, 1.807) is 18.2 Å². The first-order valence-corrected chi connectivity index (χ1v) is 4.09. The lowest BCUT2D eigenvalue weighted by molar-refractivity contribution is 0.568. The van der Waals surface area contributed by atoms with Crippen LogP contribution in [0.3, 0.4) is 0 Å². The molecule has 0 N–H and O–H groups in total. The minimum atomic E-state index is -1.08. The summed E-state index contributed by atoms with van der Waals surface area (Å²) in [5, 5.41) is 0. The van der Waals surface area contributed by atoms with E-state index in [2.05, 4.69) is 0 Å². The van der Waals surface area contributed by atoms with Crippen LogP contribution in [-0.4, -0.2) is 6.99 Å². The molecule has 0 bridgehead atoms. The summed E-state index contributed by atoms with van der Waals surface area (Å²) in [5.41, 5.74) is 1.22. The van der Waals surface area contributed by atoms with Gasteiger partial charge in [-0.05, 0) is 17.0 Å². The van der Waals surface area contributed by atoms with Crippen LogP contribution in [0.5, 0.6) is 0 Å². The Morgan fingerprint density at radius 2 is 1.77 bits per heavy atom. The van der Waals surface area contributed by atoms with Crippen molar-refractivity contribution < 1.29 is 8.73 Å². The first kappa shape index (κ1) is 8.11. The molecule has 0 saturated heterocycles. The third-order valence-corrected chi connectivity index (χ3v) is 1.93. The smallest absolute Gasteiger partial charge is 0.416 e. The fourth-order valence-electron chi connectivity index (χ4n) is 1.23. The Kier molecular flexibility index (Phi) is 2.17. The summed E-state index contributed by atoms with van der Waals surface area (Å²) in [6, 6.07) is 10.7. The van der Waals surface area contributed by atoms with Crippen LogP contribution in [0.25, 0.3) is 0 Å². The van der Waals surface area contributed by atoms with Crippen LogP contribution in [-0.2, 0) is 0 Å². The van der Waals surface area contributed by atoms with Gasteiger partial charge < -0.3 is 8.73 Å². The van der Waals surface area contributed by atoms with Crippen LogP contribution < -0.4 is 10.9 Å². The number of furan rings is 1. The van der Waals surface area contributed by atoms with Crippen LogP contribution in [0.4, 0.5) is 4.32 Å². The van der Waals surface area contributed by atoms with E-state index in [9.17, 15) is 4.32 Å². The molecule has 0 amide bonds. The van der Waals surface area contributed by atoms with Gasteiger partial charge in [0.05, 0.1) is 12.5 Å². The molecule has 3 heteroatoms. The molecular weight excluding hydrogens is 166 g/mol. The second-order valence-corrected chi connectivity index (χ2v) is 2.83. The monoisotopic (exact) mass is 174 g/mol. The van der Waals surface area contributed by atoms with Crippen molar-refractivity contribution in [1.82, 2.24) is 0 Å². The summed E-state index contributed by atoms with van der Waals surface area (Å²) >= 11 is 0. The molecule has 1 heterocycles. The minimum absolute atomic E-state index is 0.561. The van der Waals surface area contributed by atoms with Gasteiger partial charge in [-0.3, -0.25) is 0 Å². The fourth-order valence-corrected chi connectivity index (χ4v) is 1.23. The molecule has 0 atom stereocenters. The van der Waals surface area contributed by atoms with Gasteiger partial charge in [-0.1, -0.05) is 30.3 Å². The average Bonchev–Trinajstić information content (AvgIpc) is 2.71. The van der Waals surface area contributed by atoms with E-state index < -0.39 is 6.99 Å². The Balaban J connectivity index is 2.29. The zero-order valence-corrected chi connectivity index (χ0v) is 6.98. The highest BCUT2D eigenvalue weighted by molar-refractivity contribution is 6.79. The minimum Gasteiger partial charge on any atom is -0.473 e. The molecule has 1 aromatic carbocycles. The van der Waals surface area contributed by atoms with Crippen LogP contribution in [0, 0.1) is 0 Å². The Bertz CT molecular complexity index is 358. The fraction of sp³-hybridized carbons (Fsp3) is 0. The molecule has 0 aliphatic rings. The van der Waals surface area contributed by atoms with Crippen molar-refractivity contribution >= 4 is 17.9 Å². The highest BCUT2D eigenvalue weighted by atomic mass is 19.1. The molecule has 0 fully saturated rings. The van der Waals surface area contributed by atoms with E-state index in [1.165, 1.54) is 12.5 Å². The Labute approximate surface area is 76.3 Å². The van der Waals surface area contributed by atoms with Gasteiger partial charge in [-0.15, -0.1) is 0 Å². The molecule has 1 aromatic heterocycles. The Morgan fingerprint density at radius 1 is 1.00 bits per heavy atom. The highest BCUT2D eigenvalue weighted by Crippen LogP contribution is 1.93. The maximum absolute atomic E-state index is 13.6. The van der Waals surface area contributed by atoms with Crippen LogP contribution in [0.1, 0.15) is 0 Å². The van der Waals surface area contributed by atoms with Gasteiger partial charge in [0.2, 0.25) is 0 Å². The Morgan fingerprint density at radius 3 is 2.38 bits per heavy atom. The van der Waals surface area contributed by atoms with Gasteiger partial charge in [0.25, 0.3) is 0 Å². The molecular formula is C10H8BFO. The van der Waals surface area contributed by atoms with E-state index in [0.29, 0.717) is 10.9 Å². The van der Waals surface area contributed by atoms with Gasteiger partial charge in [0, 0.05) is 0 Å². The zero-order valence-electron chi connectivity index (χ0n) is 6.98. The standard InChI is InChI=1S/C10H8BFO/c12-11(10-6-7-13-8-10)9-4-2-1-3-5-9/h1-8H. The van der Waals surface area contributed by atoms with Crippen molar-refractivity contribution in [3.63, 3.8) is 0 Å². The molecule has 0 radical (unpaired) electrons. The second-order valence-electron chi connectivity index (χ2n) is 2.83. The van der Waals surface area contributed by atoms with Gasteiger partial charge in [0.15, 0.2) is 0 Å². The second kappa shape index (κ2) is 3.48. The van der Waals surface area contributed by atoms with Gasteiger partial charge in [-0.25, -0.2) is 0 Å². The van der Waals surface area contributed by atoms with E-state index in [1.807, 2.05) is 18.2 Å². The molecule has 0 unspecified atom stereocenters. The van der Waals surface area contributed by atoms with Gasteiger partial charge in [0.1, 0.15) is 0 Å². The molecule has 1 nitrogen and oxygen atoms in total. The number of benzene rings is 1. The number of hydrogen-bond donors (Lipinski definition) is 0. The molecule has 0 aliphatic heterocycles. The summed E-state index contributed by atoms with van der Waals surface area (Å²) in [6.45, 7) is -1.08. The van der Waals surface area contributed by atoms with E-state index in [0.717, 1.165) is 0 Å². The quantitative estimate of drug-likeness (QED) is 0.626. The van der Waals surface area contributed by atoms with Crippen LogP contribution >= 0.6 is 0 Å². The number of halogens is 1. The molecule has 0 aliphatic carbocycles. The topological polar surface area (TPSA) is 13.1 Å². The molecule has 0 saturated carbocycles. The predicted octanol–water partition coefficient (Wildman–Crippen LogP) is 1.35. The molecule has 13 heavy (non-hydrogen) atoms. The Hall–Kier alpha value is -1.51. The van der Waals surface area contributed by atoms with E-state index >= 15 is 0 Å². The summed E-state index contributed by atoms with van der Waals surface area (Å²) in [4.78, 5) is 0. The first-order chi connectivity index (χ1) is 6.38. The van der Waals surface area contributed by atoms with Crippen molar-refractivity contribution in [2.75, 3.05) is 0 Å². The predicted molar refractivity (Wildman–Crippen MR) is 51.3 cm³/mol. The maximum atomic E-state index is 13.6. The summed E-state index contributed by atoms with van der Waals surface area (Å²) in [6.07, 6.45) is 2.91. The van der Waals surface area contributed by atoms with Crippen molar-refractivity contribution in [1.29, 1.82) is 0 Å². The van der Waals surface area contributed by atoms with E-state index in [4.69, 9.17) is 4.42 Å². The zero-order chi connectivity index (χ0) is 9.10. The molecule has 2 aromatic rings. The van der Waals surface area contributed by atoms with Crippen molar-refractivity contribution in [3.8, 4) is 0 Å². The normalized spacial score (nSPS) is 9.92. The van der Waals surface area contributed by atoms with Crippen LogP contribution in [0.15, 0.2) is 53.3 Å². The molecule has 0 spiro atoms. The van der Waals surface area contributed by atoms with Gasteiger partial charge in [-0.2, -0.15) is 0 Å². The maximum Gasteiger partial charge on any atom is 0.416 e. The lowest BCUT2D eigenvalue weighted by Crippen LogP contribution is -2.36. The van der Waals surface area contributed by atoms with Crippen LogP contribution in [0.2, 0.25) is 0 Å². The van der Waals surface area contributed by atoms with Crippen molar-refractivity contribution in [2.45, 2.75) is 0 Å². The van der Waals surface area contributed by atoms with E-state index in [-0.39, 0.29) is 0 Å².